The van der Waals surface area contributed by atoms with Gasteiger partial charge in [0, 0.05) is 5.02 Å². The molecule has 8 heteroatoms. The number of halogens is 1. The Morgan fingerprint density at radius 1 is 1.17 bits per heavy atom. The highest BCUT2D eigenvalue weighted by atomic mass is 35.5. The third kappa shape index (κ3) is 4.67. The molecule has 0 unspecified atom stereocenters. The predicted molar refractivity (Wildman–Crippen MR) is 112 cm³/mol. The maximum absolute atomic E-state index is 12.6. The zero-order valence-electron chi connectivity index (χ0n) is 16.5. The van der Waals surface area contributed by atoms with Crippen LogP contribution in [0.2, 0.25) is 5.02 Å². The number of benzene rings is 2. The highest BCUT2D eigenvalue weighted by molar-refractivity contribution is 6.31. The van der Waals surface area contributed by atoms with Crippen molar-refractivity contribution in [2.75, 3.05) is 11.9 Å². The summed E-state index contributed by atoms with van der Waals surface area (Å²) in [5.74, 6) is -1.18. The van der Waals surface area contributed by atoms with Gasteiger partial charge in [-0.15, -0.1) is 0 Å². The fourth-order valence-corrected chi connectivity index (χ4v) is 3.21. The van der Waals surface area contributed by atoms with Crippen molar-refractivity contribution in [1.29, 1.82) is 5.26 Å². The van der Waals surface area contributed by atoms with Gasteiger partial charge in [-0.3, -0.25) is 9.48 Å². The molecule has 0 aliphatic heterocycles. The molecule has 0 atom stereocenters. The van der Waals surface area contributed by atoms with Gasteiger partial charge < -0.3 is 10.1 Å². The number of nitrogens with zero attached hydrogens (tertiary/aromatic N) is 3. The highest BCUT2D eigenvalue weighted by Crippen LogP contribution is 2.20. The molecule has 1 heterocycles. The van der Waals surface area contributed by atoms with E-state index in [1.165, 1.54) is 0 Å². The van der Waals surface area contributed by atoms with Crippen molar-refractivity contribution < 1.29 is 14.3 Å². The Kier molecular flexibility index (Phi) is 6.50. The van der Waals surface area contributed by atoms with Crippen molar-refractivity contribution in [2.24, 2.45) is 0 Å². The lowest BCUT2D eigenvalue weighted by atomic mass is 10.2. The first-order valence-electron chi connectivity index (χ1n) is 9.14. The van der Waals surface area contributed by atoms with Crippen LogP contribution in [0, 0.1) is 25.2 Å². The number of rotatable bonds is 6. The molecule has 3 rings (SSSR count). The van der Waals surface area contributed by atoms with E-state index in [4.69, 9.17) is 21.6 Å². The van der Waals surface area contributed by atoms with Gasteiger partial charge in [0.25, 0.3) is 5.91 Å². The van der Waals surface area contributed by atoms with E-state index in [9.17, 15) is 9.59 Å². The van der Waals surface area contributed by atoms with E-state index in [2.05, 4.69) is 10.4 Å². The van der Waals surface area contributed by atoms with Crippen LogP contribution < -0.4 is 5.32 Å². The minimum Gasteiger partial charge on any atom is -0.452 e. The van der Waals surface area contributed by atoms with E-state index in [1.807, 2.05) is 24.3 Å². The highest BCUT2D eigenvalue weighted by Gasteiger charge is 2.21. The zero-order valence-corrected chi connectivity index (χ0v) is 17.2. The van der Waals surface area contributed by atoms with Gasteiger partial charge in [-0.25, -0.2) is 4.79 Å². The Morgan fingerprint density at radius 3 is 2.60 bits per heavy atom. The van der Waals surface area contributed by atoms with Gasteiger partial charge in [0.05, 0.1) is 29.2 Å². The number of nitriles is 1. The molecule has 1 amide bonds. The molecule has 0 aliphatic rings. The molecule has 30 heavy (non-hydrogen) atoms. The summed E-state index contributed by atoms with van der Waals surface area (Å²) in [6, 6.07) is 16.0. The summed E-state index contributed by atoms with van der Waals surface area (Å²) in [6.07, 6.45) is 0. The van der Waals surface area contributed by atoms with E-state index in [0.717, 1.165) is 5.56 Å². The molecule has 7 nitrogen and oxygen atoms in total. The summed E-state index contributed by atoms with van der Waals surface area (Å²) < 4.78 is 6.85. The molecular formula is C22H19ClN4O3. The number of esters is 1. The number of nitrogens with one attached hydrogen (secondary N) is 1. The first kappa shape index (κ1) is 21.1. The van der Waals surface area contributed by atoms with Crippen LogP contribution in [-0.4, -0.2) is 28.3 Å². The summed E-state index contributed by atoms with van der Waals surface area (Å²) in [7, 11) is 0. The van der Waals surface area contributed by atoms with Gasteiger partial charge in [0.1, 0.15) is 11.6 Å². The molecule has 0 bridgehead atoms. The van der Waals surface area contributed by atoms with Gasteiger partial charge in [-0.1, -0.05) is 41.9 Å². The average Bonchev–Trinajstić information content (AvgIpc) is 3.01. The maximum Gasteiger partial charge on any atom is 0.342 e. The number of aromatic nitrogens is 2. The van der Waals surface area contributed by atoms with Crippen LogP contribution >= 0.6 is 11.6 Å². The second kappa shape index (κ2) is 9.25. The number of aryl methyl sites for hydroxylation is 1. The smallest absolute Gasteiger partial charge is 0.342 e. The predicted octanol–water partition coefficient (Wildman–Crippen LogP) is 3.87. The van der Waals surface area contributed by atoms with Crippen molar-refractivity contribution in [1.82, 2.24) is 9.78 Å². The van der Waals surface area contributed by atoms with Crippen LogP contribution in [-0.2, 0) is 16.1 Å². The van der Waals surface area contributed by atoms with Crippen LogP contribution in [0.1, 0.15) is 32.9 Å². The molecule has 0 saturated heterocycles. The average molecular weight is 423 g/mol. The lowest BCUT2D eigenvalue weighted by Gasteiger charge is -2.09. The van der Waals surface area contributed by atoms with Crippen molar-refractivity contribution in [2.45, 2.75) is 20.4 Å². The van der Waals surface area contributed by atoms with E-state index in [1.54, 1.807) is 48.9 Å². The van der Waals surface area contributed by atoms with Crippen LogP contribution in [0.15, 0.2) is 48.5 Å². The summed E-state index contributed by atoms with van der Waals surface area (Å²) in [6.45, 7) is 3.39. The molecule has 2 aromatic carbocycles. The van der Waals surface area contributed by atoms with Gasteiger partial charge in [0.15, 0.2) is 6.61 Å². The lowest BCUT2D eigenvalue weighted by Crippen LogP contribution is -2.22. The summed E-state index contributed by atoms with van der Waals surface area (Å²) in [5.41, 5.74) is 2.99. The minimum atomic E-state index is -0.640. The second-order valence-electron chi connectivity index (χ2n) is 6.58. The molecule has 0 aliphatic carbocycles. The van der Waals surface area contributed by atoms with Gasteiger partial charge in [-0.05, 0) is 37.6 Å². The zero-order chi connectivity index (χ0) is 21.7. The Hall–Kier alpha value is -3.63. The fraction of sp³-hybridized carbons (Fsp3) is 0.182. The van der Waals surface area contributed by atoms with Crippen LogP contribution in [0.4, 0.5) is 5.69 Å². The molecule has 1 aromatic heterocycles. The number of hydrogen-bond donors (Lipinski definition) is 1. The maximum atomic E-state index is 12.6. The van der Waals surface area contributed by atoms with Crippen molar-refractivity contribution in [3.63, 3.8) is 0 Å². The second-order valence-corrected chi connectivity index (χ2v) is 6.98. The monoisotopic (exact) mass is 422 g/mol. The number of hydrogen-bond acceptors (Lipinski definition) is 5. The SMILES string of the molecule is Cc1nn(Cc2ccccc2Cl)c(C)c1C(=O)OCC(=O)Nc1ccccc1C#N. The summed E-state index contributed by atoms with van der Waals surface area (Å²) >= 11 is 6.21. The third-order valence-corrected chi connectivity index (χ3v) is 4.89. The Morgan fingerprint density at radius 2 is 1.87 bits per heavy atom. The number of ether oxygens (including phenoxy) is 1. The molecule has 0 saturated carbocycles. The van der Waals surface area contributed by atoms with Gasteiger partial charge in [-0.2, -0.15) is 10.4 Å². The first-order chi connectivity index (χ1) is 14.4. The topological polar surface area (TPSA) is 97.0 Å². The number of carbonyl (C=O) groups excluding carboxylic acids is 2. The fourth-order valence-electron chi connectivity index (χ4n) is 3.01. The number of para-hydroxylation sites is 1. The largest absolute Gasteiger partial charge is 0.452 e. The molecule has 1 N–H and O–H groups in total. The molecule has 0 spiro atoms. The third-order valence-electron chi connectivity index (χ3n) is 4.52. The summed E-state index contributed by atoms with van der Waals surface area (Å²) in [5, 5.41) is 16.7. The normalized spacial score (nSPS) is 10.3. The van der Waals surface area contributed by atoms with Crippen LogP contribution in [0.25, 0.3) is 0 Å². The van der Waals surface area contributed by atoms with Crippen LogP contribution in [0.3, 0.4) is 0 Å². The molecule has 3 aromatic rings. The Bertz CT molecular complexity index is 1150. The Balaban J connectivity index is 1.67. The van der Waals surface area contributed by atoms with E-state index >= 15 is 0 Å². The van der Waals surface area contributed by atoms with Gasteiger partial charge in [0.2, 0.25) is 0 Å². The molecular weight excluding hydrogens is 404 g/mol. The van der Waals surface area contributed by atoms with Crippen molar-refractivity contribution >= 4 is 29.2 Å². The van der Waals surface area contributed by atoms with Crippen molar-refractivity contribution in [3.05, 3.63) is 81.6 Å². The van der Waals surface area contributed by atoms with Crippen LogP contribution in [0.5, 0.6) is 0 Å². The van der Waals surface area contributed by atoms with Crippen molar-refractivity contribution in [3.8, 4) is 6.07 Å². The van der Waals surface area contributed by atoms with E-state index in [0.29, 0.717) is 39.8 Å². The Labute approximate surface area is 178 Å². The number of amides is 1. The van der Waals surface area contributed by atoms with E-state index < -0.39 is 18.5 Å². The quantitative estimate of drug-likeness (QED) is 0.608. The molecule has 0 fully saturated rings. The standard InChI is InChI=1S/C22H19ClN4O3/c1-14-21(15(2)27(26-14)12-17-8-3-5-9-18(17)23)22(29)30-13-20(28)25-19-10-6-4-7-16(19)11-24/h3-10H,12-13H2,1-2H3,(H,25,28). The van der Waals surface area contributed by atoms with E-state index in [-0.39, 0.29) is 0 Å². The molecule has 152 valence electrons. The summed E-state index contributed by atoms with van der Waals surface area (Å²) in [4.78, 5) is 24.7. The lowest BCUT2D eigenvalue weighted by molar-refractivity contribution is -0.119. The number of anilines is 1. The number of carbonyl (C=O) groups is 2. The molecule has 0 radical (unpaired) electrons. The minimum absolute atomic E-state index is 0.312. The van der Waals surface area contributed by atoms with Gasteiger partial charge >= 0.3 is 5.97 Å². The first-order valence-corrected chi connectivity index (χ1v) is 9.52.